The van der Waals surface area contributed by atoms with Gasteiger partial charge in [-0.25, -0.2) is 0 Å². The highest BCUT2D eigenvalue weighted by atomic mass is 16.3. The van der Waals surface area contributed by atoms with Crippen LogP contribution in [-0.4, -0.2) is 24.4 Å². The van der Waals surface area contributed by atoms with Gasteiger partial charge < -0.3 is 10.8 Å². The van der Waals surface area contributed by atoms with Crippen LogP contribution in [0.5, 0.6) is 0 Å². The third-order valence-electron chi connectivity index (χ3n) is 1.41. The molecule has 0 fully saturated rings. The van der Waals surface area contributed by atoms with Gasteiger partial charge in [-0.3, -0.25) is 5.32 Å². The molecule has 1 unspecified atom stereocenters. The van der Waals surface area contributed by atoms with Gasteiger partial charge in [-0.2, -0.15) is 0 Å². The number of aliphatic hydroxyl groups is 1. The van der Waals surface area contributed by atoms with Crippen LogP contribution in [0.4, 0.5) is 0 Å². The lowest BCUT2D eigenvalue weighted by molar-refractivity contribution is 0.237. The smallest absolute Gasteiger partial charge is 0.0597 e. The van der Waals surface area contributed by atoms with Gasteiger partial charge in [-0.15, -0.1) is 0 Å². The molecule has 0 aliphatic heterocycles. The van der Waals surface area contributed by atoms with E-state index in [-0.39, 0.29) is 18.2 Å². The van der Waals surface area contributed by atoms with Crippen molar-refractivity contribution in [2.45, 2.75) is 26.9 Å². The Bertz CT molecular complexity index is 88.1. The molecular weight excluding hydrogens is 128 g/mol. The van der Waals surface area contributed by atoms with E-state index in [2.05, 4.69) is 26.1 Å². The summed E-state index contributed by atoms with van der Waals surface area (Å²) in [5.74, 6) is 0. The second-order valence-electron chi connectivity index (χ2n) is 3.52. The summed E-state index contributed by atoms with van der Waals surface area (Å²) in [5.41, 5.74) is 5.78. The topological polar surface area (TPSA) is 58.3 Å². The normalized spacial score (nSPS) is 15.3. The van der Waals surface area contributed by atoms with Gasteiger partial charge in [-0.1, -0.05) is 20.8 Å². The van der Waals surface area contributed by atoms with Crippen molar-refractivity contribution in [1.82, 2.24) is 5.32 Å². The molecule has 10 heavy (non-hydrogen) atoms. The molecule has 0 radical (unpaired) electrons. The SMILES string of the molecule is CC(C)(C)C(N)NCCO. The summed E-state index contributed by atoms with van der Waals surface area (Å²) in [4.78, 5) is 0. The Balaban J connectivity index is 3.52. The van der Waals surface area contributed by atoms with Gasteiger partial charge in [0.25, 0.3) is 0 Å². The first kappa shape index (κ1) is 9.88. The Morgan fingerprint density at radius 2 is 2.00 bits per heavy atom. The summed E-state index contributed by atoms with van der Waals surface area (Å²) in [7, 11) is 0. The summed E-state index contributed by atoms with van der Waals surface area (Å²) in [6.07, 6.45) is -0.0420. The summed E-state index contributed by atoms with van der Waals surface area (Å²) in [6.45, 7) is 6.88. The van der Waals surface area contributed by atoms with Crippen LogP contribution in [0.3, 0.4) is 0 Å². The van der Waals surface area contributed by atoms with Crippen molar-refractivity contribution in [3.63, 3.8) is 0 Å². The lowest BCUT2D eigenvalue weighted by atomic mass is 9.93. The van der Waals surface area contributed by atoms with Crippen LogP contribution in [0.25, 0.3) is 0 Å². The number of nitrogens with one attached hydrogen (secondary N) is 1. The molecule has 0 spiro atoms. The zero-order chi connectivity index (χ0) is 8.20. The molecule has 0 aliphatic rings. The molecule has 3 nitrogen and oxygen atoms in total. The van der Waals surface area contributed by atoms with E-state index >= 15 is 0 Å². The Labute approximate surface area is 62.6 Å². The van der Waals surface area contributed by atoms with E-state index in [0.717, 1.165) is 0 Å². The second kappa shape index (κ2) is 3.91. The monoisotopic (exact) mass is 146 g/mol. The first-order valence-electron chi connectivity index (χ1n) is 3.58. The molecule has 62 valence electrons. The van der Waals surface area contributed by atoms with E-state index in [1.54, 1.807) is 0 Å². The number of aliphatic hydroxyl groups excluding tert-OH is 1. The fourth-order valence-electron chi connectivity index (χ4n) is 0.526. The van der Waals surface area contributed by atoms with Crippen molar-refractivity contribution in [3.05, 3.63) is 0 Å². The zero-order valence-corrected chi connectivity index (χ0v) is 7.02. The van der Waals surface area contributed by atoms with E-state index in [0.29, 0.717) is 6.54 Å². The minimum absolute atomic E-state index is 0.0420. The van der Waals surface area contributed by atoms with Crippen LogP contribution in [0.15, 0.2) is 0 Å². The van der Waals surface area contributed by atoms with Crippen LogP contribution in [-0.2, 0) is 0 Å². The molecule has 1 atom stereocenters. The second-order valence-corrected chi connectivity index (χ2v) is 3.52. The lowest BCUT2D eigenvalue weighted by Crippen LogP contribution is -2.48. The maximum absolute atomic E-state index is 8.46. The number of rotatable bonds is 3. The fraction of sp³-hybridized carbons (Fsp3) is 1.00. The van der Waals surface area contributed by atoms with Crippen LogP contribution >= 0.6 is 0 Å². The molecular formula is C7H18N2O. The van der Waals surface area contributed by atoms with E-state index in [1.165, 1.54) is 0 Å². The van der Waals surface area contributed by atoms with Gasteiger partial charge in [0.15, 0.2) is 0 Å². The largest absolute Gasteiger partial charge is 0.395 e. The third-order valence-corrected chi connectivity index (χ3v) is 1.41. The number of nitrogens with two attached hydrogens (primary N) is 1. The summed E-state index contributed by atoms with van der Waals surface area (Å²) in [5, 5.41) is 11.5. The van der Waals surface area contributed by atoms with Gasteiger partial charge in [0.1, 0.15) is 0 Å². The minimum atomic E-state index is -0.0420. The summed E-state index contributed by atoms with van der Waals surface area (Å²) < 4.78 is 0. The van der Waals surface area contributed by atoms with Gasteiger partial charge in [0.05, 0.1) is 12.8 Å². The van der Waals surface area contributed by atoms with Gasteiger partial charge in [-0.05, 0) is 5.41 Å². The number of hydrogen-bond acceptors (Lipinski definition) is 3. The van der Waals surface area contributed by atoms with Crippen molar-refractivity contribution in [2.24, 2.45) is 11.1 Å². The fourth-order valence-corrected chi connectivity index (χ4v) is 0.526. The standard InChI is InChI=1S/C7H18N2O/c1-7(2,3)6(8)9-4-5-10/h6,9-10H,4-5,8H2,1-3H3. The van der Waals surface area contributed by atoms with E-state index in [4.69, 9.17) is 10.8 Å². The molecule has 0 bridgehead atoms. The first-order chi connectivity index (χ1) is 4.48. The lowest BCUT2D eigenvalue weighted by Gasteiger charge is -2.27. The molecule has 0 amide bonds. The Morgan fingerprint density at radius 1 is 1.50 bits per heavy atom. The highest BCUT2D eigenvalue weighted by Gasteiger charge is 2.18. The van der Waals surface area contributed by atoms with E-state index < -0.39 is 0 Å². The highest BCUT2D eigenvalue weighted by molar-refractivity contribution is 4.73. The quantitative estimate of drug-likeness (QED) is 0.487. The molecule has 4 N–H and O–H groups in total. The predicted molar refractivity (Wildman–Crippen MR) is 42.5 cm³/mol. The molecule has 0 aromatic rings. The molecule has 0 heterocycles. The van der Waals surface area contributed by atoms with Crippen molar-refractivity contribution >= 4 is 0 Å². The van der Waals surface area contributed by atoms with Crippen LogP contribution in [0, 0.1) is 5.41 Å². The average molecular weight is 146 g/mol. The van der Waals surface area contributed by atoms with Crippen molar-refractivity contribution < 1.29 is 5.11 Å². The van der Waals surface area contributed by atoms with Crippen molar-refractivity contribution in [3.8, 4) is 0 Å². The first-order valence-corrected chi connectivity index (χ1v) is 3.58. The Kier molecular flexibility index (Phi) is 3.86. The van der Waals surface area contributed by atoms with Gasteiger partial charge in [0.2, 0.25) is 0 Å². The molecule has 0 aromatic carbocycles. The molecule has 0 aliphatic carbocycles. The van der Waals surface area contributed by atoms with E-state index in [1.807, 2.05) is 0 Å². The van der Waals surface area contributed by atoms with Gasteiger partial charge >= 0.3 is 0 Å². The molecule has 0 saturated heterocycles. The average Bonchev–Trinajstić information content (AvgIpc) is 1.80. The minimum Gasteiger partial charge on any atom is -0.395 e. The summed E-state index contributed by atoms with van der Waals surface area (Å²) >= 11 is 0. The van der Waals surface area contributed by atoms with Crippen LogP contribution in [0.1, 0.15) is 20.8 Å². The van der Waals surface area contributed by atoms with Crippen molar-refractivity contribution in [1.29, 1.82) is 0 Å². The molecule has 0 rings (SSSR count). The highest BCUT2D eigenvalue weighted by Crippen LogP contribution is 2.14. The predicted octanol–water partition coefficient (Wildman–Crippen LogP) is -0.101. The summed E-state index contributed by atoms with van der Waals surface area (Å²) in [6, 6.07) is 0. The Morgan fingerprint density at radius 3 is 2.30 bits per heavy atom. The molecule has 0 aromatic heterocycles. The van der Waals surface area contributed by atoms with E-state index in [9.17, 15) is 0 Å². The zero-order valence-electron chi connectivity index (χ0n) is 7.02. The Hall–Kier alpha value is -0.120. The van der Waals surface area contributed by atoms with Crippen molar-refractivity contribution in [2.75, 3.05) is 13.2 Å². The third kappa shape index (κ3) is 3.82. The molecule has 0 saturated carbocycles. The molecule has 3 heteroatoms. The maximum atomic E-state index is 8.46. The maximum Gasteiger partial charge on any atom is 0.0597 e. The van der Waals surface area contributed by atoms with Crippen LogP contribution in [0.2, 0.25) is 0 Å². The van der Waals surface area contributed by atoms with Crippen LogP contribution < -0.4 is 11.1 Å². The number of hydrogen-bond donors (Lipinski definition) is 3. The van der Waals surface area contributed by atoms with Gasteiger partial charge in [0, 0.05) is 6.54 Å².